The van der Waals surface area contributed by atoms with Gasteiger partial charge in [-0.1, -0.05) is 27.7 Å². The van der Waals surface area contributed by atoms with Crippen LogP contribution in [0, 0.1) is 25.2 Å². The largest absolute Gasteiger partial charge is 0.382 e. The van der Waals surface area contributed by atoms with Gasteiger partial charge in [-0.25, -0.2) is 4.98 Å². The molecule has 1 unspecified atom stereocenters. The van der Waals surface area contributed by atoms with Crippen LogP contribution in [0.5, 0.6) is 0 Å². The number of nitrogens with one attached hydrogen (secondary N) is 1. The summed E-state index contributed by atoms with van der Waals surface area (Å²) in [7, 11) is 0. The van der Waals surface area contributed by atoms with E-state index in [1.165, 1.54) is 11.3 Å². The lowest BCUT2D eigenvalue weighted by molar-refractivity contribution is -0.135. The lowest BCUT2D eigenvalue weighted by Crippen LogP contribution is -2.39. The van der Waals surface area contributed by atoms with Crippen molar-refractivity contribution in [2.24, 2.45) is 11.3 Å². The molecular weight excluding hydrogens is 374 g/mol. The Bertz CT molecular complexity index is 618. The first-order valence-electron chi connectivity index (χ1n) is 10.1. The van der Waals surface area contributed by atoms with Gasteiger partial charge in [0.15, 0.2) is 5.13 Å². The fourth-order valence-electron chi connectivity index (χ4n) is 3.20. The third kappa shape index (κ3) is 9.64. The number of carbonyl (C=O) groups excluding carboxylic acids is 2. The second kappa shape index (κ2) is 11.5. The van der Waals surface area contributed by atoms with Crippen LogP contribution in [0.25, 0.3) is 0 Å². The highest BCUT2D eigenvalue weighted by molar-refractivity contribution is 7.15. The van der Waals surface area contributed by atoms with Gasteiger partial charge in [-0.2, -0.15) is 0 Å². The van der Waals surface area contributed by atoms with Crippen LogP contribution in [0.15, 0.2) is 0 Å². The molecular formula is C21H37N3O3S. The average molecular weight is 412 g/mol. The van der Waals surface area contributed by atoms with Gasteiger partial charge < -0.3 is 15.0 Å². The SMILES string of the molecule is CCOCCCN(CC(=O)Nc1nc(C)c(C)s1)C(=O)CC(C)CC(C)(C)C. The fourth-order valence-corrected chi connectivity index (χ4v) is 4.03. The number of aromatic nitrogens is 1. The summed E-state index contributed by atoms with van der Waals surface area (Å²) < 4.78 is 5.38. The van der Waals surface area contributed by atoms with E-state index in [0.29, 0.717) is 31.3 Å². The fraction of sp³-hybridized carbons (Fsp3) is 0.762. The molecule has 0 aromatic carbocycles. The maximum Gasteiger partial charge on any atom is 0.245 e. The minimum atomic E-state index is -0.206. The van der Waals surface area contributed by atoms with Crippen LogP contribution in [-0.4, -0.2) is 48.0 Å². The molecule has 0 bridgehead atoms. The van der Waals surface area contributed by atoms with Crippen molar-refractivity contribution in [2.75, 3.05) is 31.6 Å². The summed E-state index contributed by atoms with van der Waals surface area (Å²) >= 11 is 1.45. The Morgan fingerprint density at radius 1 is 1.29 bits per heavy atom. The molecule has 160 valence electrons. The molecule has 7 heteroatoms. The minimum Gasteiger partial charge on any atom is -0.382 e. The number of hydrogen-bond donors (Lipinski definition) is 1. The molecule has 2 amide bonds. The molecule has 0 saturated heterocycles. The van der Waals surface area contributed by atoms with Crippen molar-refractivity contribution in [3.05, 3.63) is 10.6 Å². The third-order valence-corrected chi connectivity index (χ3v) is 5.36. The van der Waals surface area contributed by atoms with E-state index in [-0.39, 0.29) is 29.7 Å². The highest BCUT2D eigenvalue weighted by Crippen LogP contribution is 2.26. The van der Waals surface area contributed by atoms with Gasteiger partial charge in [-0.3, -0.25) is 9.59 Å². The molecule has 28 heavy (non-hydrogen) atoms. The van der Waals surface area contributed by atoms with Crippen molar-refractivity contribution >= 4 is 28.3 Å². The predicted molar refractivity (Wildman–Crippen MR) is 116 cm³/mol. The Balaban J connectivity index is 2.68. The summed E-state index contributed by atoms with van der Waals surface area (Å²) in [6.45, 7) is 16.3. The van der Waals surface area contributed by atoms with Gasteiger partial charge in [0.2, 0.25) is 11.8 Å². The molecule has 0 aliphatic carbocycles. The molecule has 1 rings (SSSR count). The summed E-state index contributed by atoms with van der Waals surface area (Å²) in [5.41, 5.74) is 1.10. The van der Waals surface area contributed by atoms with Crippen molar-refractivity contribution in [2.45, 2.75) is 67.7 Å². The van der Waals surface area contributed by atoms with E-state index in [0.717, 1.165) is 23.4 Å². The van der Waals surface area contributed by atoms with Crippen LogP contribution in [0.3, 0.4) is 0 Å². The number of amides is 2. The molecule has 0 aliphatic rings. The Kier molecular flexibility index (Phi) is 10.1. The van der Waals surface area contributed by atoms with E-state index < -0.39 is 0 Å². The molecule has 0 spiro atoms. The van der Waals surface area contributed by atoms with Crippen LogP contribution >= 0.6 is 11.3 Å². The number of aryl methyl sites for hydroxylation is 2. The predicted octanol–water partition coefficient (Wildman–Crippen LogP) is 4.42. The molecule has 6 nitrogen and oxygen atoms in total. The van der Waals surface area contributed by atoms with Gasteiger partial charge in [0.05, 0.1) is 12.2 Å². The molecule has 0 saturated carbocycles. The number of nitrogens with zero attached hydrogens (tertiary/aromatic N) is 2. The molecule has 0 fully saturated rings. The zero-order chi connectivity index (χ0) is 21.3. The Morgan fingerprint density at radius 2 is 1.96 bits per heavy atom. The Morgan fingerprint density at radius 3 is 2.50 bits per heavy atom. The molecule has 1 aromatic heterocycles. The smallest absolute Gasteiger partial charge is 0.245 e. The minimum absolute atomic E-state index is 0.0231. The van der Waals surface area contributed by atoms with Gasteiger partial charge in [0.25, 0.3) is 0 Å². The van der Waals surface area contributed by atoms with Crippen LogP contribution in [0.4, 0.5) is 5.13 Å². The Labute approximate surface area is 174 Å². The van der Waals surface area contributed by atoms with Crippen LogP contribution in [-0.2, 0) is 14.3 Å². The lowest BCUT2D eigenvalue weighted by atomic mass is 9.84. The van der Waals surface area contributed by atoms with E-state index >= 15 is 0 Å². The van der Waals surface area contributed by atoms with E-state index in [2.05, 4.69) is 38.0 Å². The first kappa shape index (κ1) is 24.6. The van der Waals surface area contributed by atoms with Crippen LogP contribution < -0.4 is 5.32 Å². The van der Waals surface area contributed by atoms with Crippen LogP contribution in [0.1, 0.15) is 64.5 Å². The summed E-state index contributed by atoms with van der Waals surface area (Å²) in [6, 6.07) is 0. The summed E-state index contributed by atoms with van der Waals surface area (Å²) in [5, 5.41) is 3.41. The van der Waals surface area contributed by atoms with Gasteiger partial charge in [0.1, 0.15) is 0 Å². The zero-order valence-corrected chi connectivity index (χ0v) is 19.4. The van der Waals surface area contributed by atoms with Gasteiger partial charge in [-0.05, 0) is 44.9 Å². The second-order valence-electron chi connectivity index (χ2n) is 8.65. The molecule has 1 heterocycles. The average Bonchev–Trinajstić information content (AvgIpc) is 2.85. The number of carbonyl (C=O) groups is 2. The van der Waals surface area contributed by atoms with Crippen LogP contribution in [0.2, 0.25) is 0 Å². The zero-order valence-electron chi connectivity index (χ0n) is 18.6. The quantitative estimate of drug-likeness (QED) is 0.547. The van der Waals surface area contributed by atoms with Crippen molar-refractivity contribution in [3.8, 4) is 0 Å². The summed E-state index contributed by atoms with van der Waals surface area (Å²) in [5.74, 6) is 0.0890. The second-order valence-corrected chi connectivity index (χ2v) is 9.85. The number of ether oxygens (including phenoxy) is 1. The monoisotopic (exact) mass is 411 g/mol. The highest BCUT2D eigenvalue weighted by Gasteiger charge is 2.22. The summed E-state index contributed by atoms with van der Waals surface area (Å²) in [4.78, 5) is 32.4. The van der Waals surface area contributed by atoms with E-state index in [1.54, 1.807) is 4.90 Å². The summed E-state index contributed by atoms with van der Waals surface area (Å²) in [6.07, 6.45) is 2.14. The Hall–Kier alpha value is -1.47. The number of thiazole rings is 1. The highest BCUT2D eigenvalue weighted by atomic mass is 32.1. The molecule has 1 N–H and O–H groups in total. The molecule has 1 aromatic rings. The number of hydrogen-bond acceptors (Lipinski definition) is 5. The van der Waals surface area contributed by atoms with E-state index in [4.69, 9.17) is 4.74 Å². The van der Waals surface area contributed by atoms with Crippen molar-refractivity contribution in [1.82, 2.24) is 9.88 Å². The standard InChI is InChI=1S/C21H37N3O3S/c1-8-27-11-9-10-24(19(26)12-15(2)13-21(5,6)7)14-18(25)23-20-22-16(3)17(4)28-20/h15H,8-14H2,1-7H3,(H,22,23,25). The number of anilines is 1. The molecule has 1 atom stereocenters. The third-order valence-electron chi connectivity index (χ3n) is 4.37. The van der Waals surface area contributed by atoms with Gasteiger partial charge >= 0.3 is 0 Å². The van der Waals surface area contributed by atoms with Crippen molar-refractivity contribution in [3.63, 3.8) is 0 Å². The first-order valence-corrected chi connectivity index (χ1v) is 10.9. The maximum atomic E-state index is 12.8. The lowest BCUT2D eigenvalue weighted by Gasteiger charge is -2.26. The maximum absolute atomic E-state index is 12.8. The van der Waals surface area contributed by atoms with Crippen molar-refractivity contribution in [1.29, 1.82) is 0 Å². The first-order chi connectivity index (χ1) is 13.0. The van der Waals surface area contributed by atoms with E-state index in [9.17, 15) is 9.59 Å². The number of rotatable bonds is 11. The topological polar surface area (TPSA) is 71.5 Å². The van der Waals surface area contributed by atoms with Gasteiger partial charge in [-0.15, -0.1) is 11.3 Å². The molecule has 0 radical (unpaired) electrons. The van der Waals surface area contributed by atoms with E-state index in [1.807, 2.05) is 20.8 Å². The van der Waals surface area contributed by atoms with Crippen molar-refractivity contribution < 1.29 is 14.3 Å². The molecule has 0 aliphatic heterocycles. The normalized spacial score (nSPS) is 12.7. The van der Waals surface area contributed by atoms with Gasteiger partial charge in [0, 0.05) is 31.1 Å².